The first-order chi connectivity index (χ1) is 13.9. The van der Waals surface area contributed by atoms with E-state index in [-0.39, 0.29) is 11.0 Å². The van der Waals surface area contributed by atoms with Crippen LogP contribution >= 0.6 is 39.5 Å². The summed E-state index contributed by atoms with van der Waals surface area (Å²) in [6.45, 7) is 3.83. The second-order valence-electron chi connectivity index (χ2n) is 6.29. The van der Waals surface area contributed by atoms with E-state index in [2.05, 4.69) is 41.9 Å². The van der Waals surface area contributed by atoms with Gasteiger partial charge >= 0.3 is 0 Å². The van der Waals surface area contributed by atoms with Crippen LogP contribution < -0.4 is 10.6 Å². The fourth-order valence-electron chi connectivity index (χ4n) is 2.65. The standard InChI is InChI=1S/C19H15BrN6OS2/c1-10-3-4-13(17-25-26-11(2)23-24-19(26)29-17)9-15(10)21-18(28)22-16(27)12-5-7-14(20)8-6-12/h3-9H,1-2H3,(H2,21,22,27,28). The van der Waals surface area contributed by atoms with Crippen LogP contribution in [0, 0.1) is 13.8 Å². The van der Waals surface area contributed by atoms with E-state index >= 15 is 0 Å². The number of carbonyl (C=O) groups is 1. The predicted molar refractivity (Wildman–Crippen MR) is 121 cm³/mol. The van der Waals surface area contributed by atoms with E-state index in [1.165, 1.54) is 11.3 Å². The number of hydrogen-bond acceptors (Lipinski definition) is 6. The summed E-state index contributed by atoms with van der Waals surface area (Å²) in [6, 6.07) is 13.0. The van der Waals surface area contributed by atoms with E-state index in [9.17, 15) is 4.79 Å². The Kier molecular flexibility index (Phi) is 5.39. The average molecular weight is 487 g/mol. The van der Waals surface area contributed by atoms with E-state index in [1.807, 2.05) is 32.0 Å². The summed E-state index contributed by atoms with van der Waals surface area (Å²) in [5.41, 5.74) is 3.24. The topological polar surface area (TPSA) is 84.2 Å². The molecular weight excluding hydrogens is 472 g/mol. The molecule has 0 radical (unpaired) electrons. The molecule has 0 fully saturated rings. The second kappa shape index (κ2) is 7.97. The molecule has 4 aromatic rings. The largest absolute Gasteiger partial charge is 0.332 e. The molecule has 0 unspecified atom stereocenters. The summed E-state index contributed by atoms with van der Waals surface area (Å²) in [5, 5.41) is 19.5. The Morgan fingerprint density at radius 2 is 1.90 bits per heavy atom. The molecule has 10 heteroatoms. The monoisotopic (exact) mass is 486 g/mol. The fourth-order valence-corrected chi connectivity index (χ4v) is 4.00. The highest BCUT2D eigenvalue weighted by Crippen LogP contribution is 2.29. The van der Waals surface area contributed by atoms with E-state index in [1.54, 1.807) is 28.8 Å². The number of carbonyl (C=O) groups excluding carboxylic acids is 1. The quantitative estimate of drug-likeness (QED) is 0.418. The van der Waals surface area contributed by atoms with Crippen molar-refractivity contribution in [2.75, 3.05) is 5.32 Å². The van der Waals surface area contributed by atoms with Gasteiger partial charge in [-0.15, -0.1) is 10.2 Å². The lowest BCUT2D eigenvalue weighted by atomic mass is 10.1. The highest BCUT2D eigenvalue weighted by Gasteiger charge is 2.13. The highest BCUT2D eigenvalue weighted by atomic mass is 79.9. The molecule has 0 spiro atoms. The zero-order valence-corrected chi connectivity index (χ0v) is 18.7. The first-order valence-electron chi connectivity index (χ1n) is 8.58. The number of fused-ring (bicyclic) bond motifs is 1. The molecule has 4 rings (SSSR count). The molecule has 29 heavy (non-hydrogen) atoms. The molecule has 7 nitrogen and oxygen atoms in total. The van der Waals surface area contributed by atoms with Crippen molar-refractivity contribution < 1.29 is 4.79 Å². The normalized spacial score (nSPS) is 10.9. The lowest BCUT2D eigenvalue weighted by Gasteiger charge is -2.13. The van der Waals surface area contributed by atoms with Crippen molar-refractivity contribution in [2.24, 2.45) is 0 Å². The van der Waals surface area contributed by atoms with Crippen molar-refractivity contribution in [3.8, 4) is 10.6 Å². The van der Waals surface area contributed by atoms with Crippen molar-refractivity contribution in [1.82, 2.24) is 25.1 Å². The Balaban J connectivity index is 1.52. The Morgan fingerprint density at radius 3 is 2.62 bits per heavy atom. The van der Waals surface area contributed by atoms with Crippen molar-refractivity contribution in [3.05, 3.63) is 63.9 Å². The maximum absolute atomic E-state index is 12.4. The Labute approximate surface area is 184 Å². The fraction of sp³-hybridized carbons (Fsp3) is 0.105. The van der Waals surface area contributed by atoms with Crippen LogP contribution in [-0.4, -0.2) is 30.8 Å². The van der Waals surface area contributed by atoms with Gasteiger partial charge in [-0.25, -0.2) is 0 Å². The lowest BCUT2D eigenvalue weighted by molar-refractivity contribution is 0.0977. The summed E-state index contributed by atoms with van der Waals surface area (Å²) in [4.78, 5) is 13.1. The van der Waals surface area contributed by atoms with E-state index in [4.69, 9.17) is 12.2 Å². The summed E-state index contributed by atoms with van der Waals surface area (Å²) >= 11 is 10.1. The van der Waals surface area contributed by atoms with Crippen molar-refractivity contribution >= 4 is 61.2 Å². The minimum Gasteiger partial charge on any atom is -0.332 e. The minimum atomic E-state index is -0.270. The highest BCUT2D eigenvalue weighted by molar-refractivity contribution is 9.10. The first-order valence-corrected chi connectivity index (χ1v) is 10.6. The third kappa shape index (κ3) is 4.19. The molecule has 2 aromatic heterocycles. The van der Waals surface area contributed by atoms with Gasteiger partial charge in [0.25, 0.3) is 5.91 Å². The van der Waals surface area contributed by atoms with E-state index in [0.29, 0.717) is 5.56 Å². The minimum absolute atomic E-state index is 0.229. The van der Waals surface area contributed by atoms with Crippen molar-refractivity contribution in [1.29, 1.82) is 0 Å². The molecular formula is C19H15BrN6OS2. The van der Waals surface area contributed by atoms with Crippen LogP contribution in [0.2, 0.25) is 0 Å². The molecule has 0 saturated heterocycles. The van der Waals surface area contributed by atoms with Gasteiger partial charge in [-0.3, -0.25) is 10.1 Å². The molecule has 2 N–H and O–H groups in total. The average Bonchev–Trinajstić information content (AvgIpc) is 3.26. The number of anilines is 1. The molecule has 0 aliphatic heterocycles. The Bertz CT molecular complexity index is 1230. The summed E-state index contributed by atoms with van der Waals surface area (Å²) < 4.78 is 2.62. The van der Waals surface area contributed by atoms with Crippen LogP contribution in [-0.2, 0) is 0 Å². The van der Waals surface area contributed by atoms with Crippen molar-refractivity contribution in [3.63, 3.8) is 0 Å². The summed E-state index contributed by atoms with van der Waals surface area (Å²) in [6.07, 6.45) is 0. The van der Waals surface area contributed by atoms with Gasteiger partial charge in [-0.1, -0.05) is 39.4 Å². The number of aryl methyl sites for hydroxylation is 2. The number of nitrogens with zero attached hydrogens (tertiary/aromatic N) is 4. The SMILES string of the molecule is Cc1ccc(-c2nn3c(C)nnc3s2)cc1NC(=S)NC(=O)c1ccc(Br)cc1. The number of rotatable bonds is 3. The van der Waals surface area contributed by atoms with Crippen LogP contribution in [0.15, 0.2) is 46.9 Å². The van der Waals surface area contributed by atoms with Crippen LogP contribution in [0.5, 0.6) is 0 Å². The van der Waals surface area contributed by atoms with Gasteiger partial charge in [0.15, 0.2) is 10.9 Å². The molecule has 0 aliphatic rings. The van der Waals surface area contributed by atoms with Gasteiger partial charge in [0.05, 0.1) is 0 Å². The number of thiocarbonyl (C=S) groups is 1. The van der Waals surface area contributed by atoms with Crippen LogP contribution in [0.4, 0.5) is 5.69 Å². The van der Waals surface area contributed by atoms with Crippen LogP contribution in [0.1, 0.15) is 21.7 Å². The third-order valence-corrected chi connectivity index (χ3v) is 5.89. The second-order valence-corrected chi connectivity index (χ2v) is 8.57. The number of halogens is 1. The van der Waals surface area contributed by atoms with Gasteiger partial charge in [-0.2, -0.15) is 9.61 Å². The number of benzene rings is 2. The third-order valence-electron chi connectivity index (χ3n) is 4.21. The molecule has 2 aromatic carbocycles. The Hall–Kier alpha value is -2.69. The predicted octanol–water partition coefficient (Wildman–Crippen LogP) is 4.36. The van der Waals surface area contributed by atoms with Gasteiger partial charge in [-0.05, 0) is 62.0 Å². The smallest absolute Gasteiger partial charge is 0.257 e. The van der Waals surface area contributed by atoms with Gasteiger partial charge < -0.3 is 5.32 Å². The number of aromatic nitrogens is 4. The summed E-state index contributed by atoms with van der Waals surface area (Å²) in [5.74, 6) is 0.470. The maximum Gasteiger partial charge on any atom is 0.257 e. The van der Waals surface area contributed by atoms with E-state index < -0.39 is 0 Å². The van der Waals surface area contributed by atoms with E-state index in [0.717, 1.165) is 37.1 Å². The zero-order chi connectivity index (χ0) is 20.5. The molecule has 0 atom stereocenters. The molecule has 146 valence electrons. The van der Waals surface area contributed by atoms with Crippen LogP contribution in [0.3, 0.4) is 0 Å². The van der Waals surface area contributed by atoms with Crippen molar-refractivity contribution in [2.45, 2.75) is 13.8 Å². The molecule has 1 amide bonds. The number of nitrogens with one attached hydrogen (secondary N) is 2. The molecule has 0 bridgehead atoms. The number of hydrogen-bond donors (Lipinski definition) is 2. The Morgan fingerprint density at radius 1 is 1.14 bits per heavy atom. The molecule has 2 heterocycles. The van der Waals surface area contributed by atoms with Crippen LogP contribution in [0.25, 0.3) is 15.5 Å². The summed E-state index contributed by atoms with van der Waals surface area (Å²) in [7, 11) is 0. The molecule has 0 saturated carbocycles. The van der Waals surface area contributed by atoms with Gasteiger partial charge in [0.1, 0.15) is 5.01 Å². The van der Waals surface area contributed by atoms with Gasteiger partial charge in [0.2, 0.25) is 4.96 Å². The molecule has 0 aliphatic carbocycles. The lowest BCUT2D eigenvalue weighted by Crippen LogP contribution is -2.34. The zero-order valence-electron chi connectivity index (χ0n) is 15.4. The first kappa shape index (κ1) is 19.6. The maximum atomic E-state index is 12.4. The van der Waals surface area contributed by atoms with Gasteiger partial charge in [0, 0.05) is 21.3 Å². The number of amides is 1.